The molecule has 0 atom stereocenters. The molecule has 0 spiro atoms. The number of aromatic nitrogens is 3. The van der Waals surface area contributed by atoms with Crippen molar-refractivity contribution < 1.29 is 13.2 Å². The first kappa shape index (κ1) is 16.4. The third kappa shape index (κ3) is 6.50. The van der Waals surface area contributed by atoms with Gasteiger partial charge in [-0.25, -0.2) is 8.42 Å². The highest BCUT2D eigenvalue weighted by molar-refractivity contribution is 7.90. The number of nitrogens with one attached hydrogen (secondary N) is 2. The van der Waals surface area contributed by atoms with Crippen molar-refractivity contribution in [1.29, 1.82) is 0 Å². The van der Waals surface area contributed by atoms with Crippen molar-refractivity contribution >= 4 is 21.7 Å². The smallest absolute Gasteiger partial charge is 0.323 e. The highest BCUT2D eigenvalue weighted by atomic mass is 32.2. The highest BCUT2D eigenvalue weighted by Gasteiger charge is 2.07. The fourth-order valence-electron chi connectivity index (χ4n) is 1.34. The lowest BCUT2D eigenvalue weighted by Crippen LogP contribution is -2.13. The molecule has 20 heavy (non-hydrogen) atoms. The summed E-state index contributed by atoms with van der Waals surface area (Å²) >= 11 is 0. The number of ether oxygens (including phenoxy) is 1. The van der Waals surface area contributed by atoms with Crippen molar-refractivity contribution in [2.75, 3.05) is 42.8 Å². The Balaban J connectivity index is 2.59. The predicted molar refractivity (Wildman–Crippen MR) is 78.0 cm³/mol. The normalized spacial score (nSPS) is 11.2. The van der Waals surface area contributed by atoms with E-state index in [2.05, 4.69) is 25.6 Å². The van der Waals surface area contributed by atoms with Crippen molar-refractivity contribution in [3.8, 4) is 6.01 Å². The standard InChI is InChI=1S/C11H21N5O3S/c1-4-7-19-11-15-9(12-2)14-10(16-11)13-6-5-8-20(3,17)18/h4-8H2,1-3H3,(H2,12,13,14,15,16). The van der Waals surface area contributed by atoms with Crippen LogP contribution in [0.1, 0.15) is 19.8 Å². The number of sulfone groups is 1. The van der Waals surface area contributed by atoms with Crippen molar-refractivity contribution in [1.82, 2.24) is 15.0 Å². The maximum absolute atomic E-state index is 11.0. The van der Waals surface area contributed by atoms with Crippen molar-refractivity contribution in [2.24, 2.45) is 0 Å². The minimum absolute atomic E-state index is 0.128. The second kappa shape index (κ2) is 7.83. The average Bonchev–Trinajstić information content (AvgIpc) is 2.40. The van der Waals surface area contributed by atoms with Crippen molar-refractivity contribution in [3.63, 3.8) is 0 Å². The summed E-state index contributed by atoms with van der Waals surface area (Å²) in [7, 11) is -1.24. The molecular formula is C11H21N5O3S. The van der Waals surface area contributed by atoms with E-state index < -0.39 is 9.84 Å². The molecule has 0 aromatic carbocycles. The van der Waals surface area contributed by atoms with E-state index in [4.69, 9.17) is 4.74 Å². The highest BCUT2D eigenvalue weighted by Crippen LogP contribution is 2.11. The monoisotopic (exact) mass is 303 g/mol. The Hall–Kier alpha value is -1.64. The first-order valence-corrected chi connectivity index (χ1v) is 8.49. The Morgan fingerprint density at radius 1 is 1.20 bits per heavy atom. The van der Waals surface area contributed by atoms with Crippen molar-refractivity contribution in [2.45, 2.75) is 19.8 Å². The van der Waals surface area contributed by atoms with E-state index >= 15 is 0 Å². The van der Waals surface area contributed by atoms with Crippen LogP contribution < -0.4 is 15.4 Å². The molecular weight excluding hydrogens is 282 g/mol. The molecule has 0 aliphatic heterocycles. The molecule has 8 nitrogen and oxygen atoms in total. The van der Waals surface area contributed by atoms with Gasteiger partial charge in [-0.15, -0.1) is 0 Å². The molecule has 1 rings (SSSR count). The molecule has 0 aliphatic carbocycles. The zero-order chi connectivity index (χ0) is 15.0. The number of hydrogen-bond acceptors (Lipinski definition) is 8. The third-order valence-corrected chi connectivity index (χ3v) is 3.28. The maximum atomic E-state index is 11.0. The Labute approximate surface area is 119 Å². The Bertz CT molecular complexity index is 521. The molecule has 0 aliphatic rings. The van der Waals surface area contributed by atoms with Gasteiger partial charge in [0.2, 0.25) is 11.9 Å². The van der Waals surface area contributed by atoms with Gasteiger partial charge in [-0.3, -0.25) is 0 Å². The summed E-state index contributed by atoms with van der Waals surface area (Å²) in [5.41, 5.74) is 0. The fourth-order valence-corrected chi connectivity index (χ4v) is 2.01. The van der Waals surface area contributed by atoms with Gasteiger partial charge in [-0.05, 0) is 12.8 Å². The molecule has 1 heterocycles. The SMILES string of the molecule is CCCOc1nc(NC)nc(NCCCS(C)(=O)=O)n1. The molecule has 1 aromatic heterocycles. The van der Waals surface area contributed by atoms with Crippen LogP contribution >= 0.6 is 0 Å². The van der Waals surface area contributed by atoms with E-state index in [-0.39, 0.29) is 11.8 Å². The minimum Gasteiger partial charge on any atom is -0.463 e. The number of hydrogen-bond donors (Lipinski definition) is 2. The van der Waals surface area contributed by atoms with E-state index in [9.17, 15) is 8.42 Å². The van der Waals surface area contributed by atoms with Gasteiger partial charge in [0, 0.05) is 19.8 Å². The molecule has 9 heteroatoms. The van der Waals surface area contributed by atoms with E-state index in [1.165, 1.54) is 6.26 Å². The molecule has 0 saturated carbocycles. The van der Waals surface area contributed by atoms with Gasteiger partial charge in [-0.2, -0.15) is 15.0 Å². The first-order chi connectivity index (χ1) is 9.44. The summed E-state index contributed by atoms with van der Waals surface area (Å²) in [6.07, 6.45) is 2.56. The van der Waals surface area contributed by atoms with E-state index in [0.29, 0.717) is 31.5 Å². The maximum Gasteiger partial charge on any atom is 0.323 e. The molecule has 1 aromatic rings. The quantitative estimate of drug-likeness (QED) is 0.637. The van der Waals surface area contributed by atoms with Crippen LogP contribution in [0.25, 0.3) is 0 Å². The molecule has 0 unspecified atom stereocenters. The van der Waals surface area contributed by atoms with Crippen LogP contribution in [0.4, 0.5) is 11.9 Å². The molecule has 0 amide bonds. The second-order valence-corrected chi connectivity index (χ2v) is 6.53. The van der Waals surface area contributed by atoms with Gasteiger partial charge in [0.25, 0.3) is 0 Å². The van der Waals surface area contributed by atoms with E-state index in [0.717, 1.165) is 6.42 Å². The van der Waals surface area contributed by atoms with Crippen LogP contribution in [-0.4, -0.2) is 55.6 Å². The Morgan fingerprint density at radius 2 is 1.90 bits per heavy atom. The topological polar surface area (TPSA) is 106 Å². The van der Waals surface area contributed by atoms with Crippen molar-refractivity contribution in [3.05, 3.63) is 0 Å². The largest absolute Gasteiger partial charge is 0.463 e. The van der Waals surface area contributed by atoms with Crippen LogP contribution in [0.3, 0.4) is 0 Å². The van der Waals surface area contributed by atoms with Crippen LogP contribution in [0.5, 0.6) is 6.01 Å². The Kier molecular flexibility index (Phi) is 6.43. The third-order valence-electron chi connectivity index (χ3n) is 2.25. The number of anilines is 2. The fraction of sp³-hybridized carbons (Fsp3) is 0.727. The van der Waals surface area contributed by atoms with Crippen LogP contribution in [0.15, 0.2) is 0 Å². The molecule has 114 valence electrons. The van der Waals surface area contributed by atoms with Gasteiger partial charge in [0.15, 0.2) is 0 Å². The Morgan fingerprint density at radius 3 is 2.50 bits per heavy atom. The predicted octanol–water partition coefficient (Wildman–Crippen LogP) is 0.549. The summed E-state index contributed by atoms with van der Waals surface area (Å²) in [4.78, 5) is 12.3. The lowest BCUT2D eigenvalue weighted by Gasteiger charge is -2.08. The average molecular weight is 303 g/mol. The molecule has 0 saturated heterocycles. The van der Waals surface area contributed by atoms with Gasteiger partial charge in [0.1, 0.15) is 9.84 Å². The number of rotatable bonds is 9. The molecule has 2 N–H and O–H groups in total. The van der Waals surface area contributed by atoms with Crippen LogP contribution in [0, 0.1) is 0 Å². The second-order valence-electron chi connectivity index (χ2n) is 4.27. The number of nitrogens with zero attached hydrogens (tertiary/aromatic N) is 3. The molecule has 0 bridgehead atoms. The molecule has 0 radical (unpaired) electrons. The van der Waals surface area contributed by atoms with Gasteiger partial charge >= 0.3 is 6.01 Å². The summed E-state index contributed by atoms with van der Waals surface area (Å²) < 4.78 is 27.4. The van der Waals surface area contributed by atoms with Gasteiger partial charge in [0.05, 0.1) is 12.4 Å². The van der Waals surface area contributed by atoms with E-state index in [1.807, 2.05) is 6.92 Å². The van der Waals surface area contributed by atoms with Crippen LogP contribution in [-0.2, 0) is 9.84 Å². The summed E-state index contributed by atoms with van der Waals surface area (Å²) in [6.45, 7) is 2.98. The van der Waals surface area contributed by atoms with E-state index in [1.54, 1.807) is 7.05 Å². The lowest BCUT2D eigenvalue weighted by molar-refractivity contribution is 0.292. The van der Waals surface area contributed by atoms with Crippen LogP contribution in [0.2, 0.25) is 0 Å². The summed E-state index contributed by atoms with van der Waals surface area (Å²) in [5.74, 6) is 0.893. The van der Waals surface area contributed by atoms with Gasteiger partial charge < -0.3 is 15.4 Å². The lowest BCUT2D eigenvalue weighted by atomic mass is 10.5. The first-order valence-electron chi connectivity index (χ1n) is 6.43. The minimum atomic E-state index is -2.94. The summed E-state index contributed by atoms with van der Waals surface area (Å²) in [6, 6.07) is 0.247. The summed E-state index contributed by atoms with van der Waals surface area (Å²) in [5, 5.41) is 5.78. The zero-order valence-corrected chi connectivity index (χ0v) is 12.8. The van der Waals surface area contributed by atoms with Gasteiger partial charge in [-0.1, -0.05) is 6.92 Å². The molecule has 0 fully saturated rings. The zero-order valence-electron chi connectivity index (χ0n) is 12.0.